The second-order valence-corrected chi connectivity index (χ2v) is 4.82. The van der Waals surface area contributed by atoms with Crippen molar-refractivity contribution in [3.8, 4) is 5.75 Å². The minimum atomic E-state index is -4.48. The van der Waals surface area contributed by atoms with E-state index in [0.717, 1.165) is 0 Å². The Hall–Kier alpha value is -2.32. The third-order valence-electron chi connectivity index (χ3n) is 2.91. The number of rotatable bonds is 8. The fourth-order valence-electron chi connectivity index (χ4n) is 1.76. The molecular formula is C14H17F3N2O4. The lowest BCUT2D eigenvalue weighted by atomic mass is 10.3. The molecule has 0 aliphatic rings. The van der Waals surface area contributed by atoms with Crippen LogP contribution in [0.3, 0.4) is 0 Å². The van der Waals surface area contributed by atoms with Gasteiger partial charge in [0.15, 0.2) is 6.61 Å². The van der Waals surface area contributed by atoms with E-state index in [-0.39, 0.29) is 18.0 Å². The monoisotopic (exact) mass is 334 g/mol. The number of carbonyl (C=O) groups is 1. The standard InChI is InChI=1S/C14H17F3N2O4/c1-2-3-8-18(10-14(15,16)17)13(20)9-23-12-6-4-11(5-7-12)19(21)22/h4-7H,2-3,8-10H2,1H3. The smallest absolute Gasteiger partial charge is 0.406 e. The molecule has 0 bridgehead atoms. The van der Waals surface area contributed by atoms with E-state index < -0.39 is 30.2 Å². The van der Waals surface area contributed by atoms with Gasteiger partial charge in [0.1, 0.15) is 12.3 Å². The van der Waals surface area contributed by atoms with E-state index in [9.17, 15) is 28.1 Å². The molecule has 0 saturated heterocycles. The van der Waals surface area contributed by atoms with E-state index in [1.807, 2.05) is 6.92 Å². The summed E-state index contributed by atoms with van der Waals surface area (Å²) in [5.74, 6) is -0.611. The quantitative estimate of drug-likeness (QED) is 0.541. The molecule has 0 unspecified atom stereocenters. The Morgan fingerprint density at radius 2 is 1.91 bits per heavy atom. The maximum Gasteiger partial charge on any atom is 0.406 e. The van der Waals surface area contributed by atoms with Gasteiger partial charge in [0.25, 0.3) is 11.6 Å². The maximum atomic E-state index is 12.5. The van der Waals surface area contributed by atoms with E-state index in [4.69, 9.17) is 4.74 Å². The van der Waals surface area contributed by atoms with Crippen LogP contribution in [0.25, 0.3) is 0 Å². The topological polar surface area (TPSA) is 72.7 Å². The molecular weight excluding hydrogens is 317 g/mol. The minimum Gasteiger partial charge on any atom is -0.484 e. The summed E-state index contributed by atoms with van der Waals surface area (Å²) in [4.78, 5) is 22.5. The number of ether oxygens (including phenoxy) is 1. The van der Waals surface area contributed by atoms with Crippen molar-refractivity contribution in [2.24, 2.45) is 0 Å². The van der Waals surface area contributed by atoms with Crippen molar-refractivity contribution in [3.63, 3.8) is 0 Å². The highest BCUT2D eigenvalue weighted by molar-refractivity contribution is 5.77. The van der Waals surface area contributed by atoms with Crippen molar-refractivity contribution in [1.82, 2.24) is 4.90 Å². The maximum absolute atomic E-state index is 12.5. The molecule has 0 N–H and O–H groups in total. The molecule has 23 heavy (non-hydrogen) atoms. The SMILES string of the molecule is CCCCN(CC(F)(F)F)C(=O)COc1ccc([N+](=O)[O-])cc1. The summed E-state index contributed by atoms with van der Waals surface area (Å²) >= 11 is 0. The molecule has 0 fully saturated rings. The van der Waals surface area contributed by atoms with Crippen LogP contribution in [0.4, 0.5) is 18.9 Å². The van der Waals surface area contributed by atoms with Gasteiger partial charge in [0.05, 0.1) is 4.92 Å². The number of alkyl halides is 3. The van der Waals surface area contributed by atoms with Crippen molar-refractivity contribution in [3.05, 3.63) is 34.4 Å². The lowest BCUT2D eigenvalue weighted by molar-refractivity contribution is -0.384. The molecule has 0 aromatic heterocycles. The predicted octanol–water partition coefficient (Wildman–Crippen LogP) is 3.16. The number of amides is 1. The molecule has 1 rings (SSSR count). The number of hydrogen-bond acceptors (Lipinski definition) is 4. The lowest BCUT2D eigenvalue weighted by Crippen LogP contribution is -2.42. The first kappa shape index (κ1) is 18.7. The molecule has 0 saturated carbocycles. The van der Waals surface area contributed by atoms with Gasteiger partial charge in [0, 0.05) is 18.7 Å². The summed E-state index contributed by atoms with van der Waals surface area (Å²) in [5.41, 5.74) is -0.148. The van der Waals surface area contributed by atoms with Crippen LogP contribution < -0.4 is 4.74 Å². The first-order valence-electron chi connectivity index (χ1n) is 6.94. The summed E-state index contributed by atoms with van der Waals surface area (Å²) in [6.45, 7) is -0.0743. The Morgan fingerprint density at radius 1 is 1.30 bits per heavy atom. The number of nitro groups is 1. The van der Waals surface area contributed by atoms with E-state index in [2.05, 4.69) is 0 Å². The van der Waals surface area contributed by atoms with Gasteiger partial charge in [-0.3, -0.25) is 14.9 Å². The Bertz CT molecular complexity index is 532. The second-order valence-electron chi connectivity index (χ2n) is 4.82. The minimum absolute atomic E-state index is 0.00152. The van der Waals surface area contributed by atoms with E-state index >= 15 is 0 Å². The van der Waals surface area contributed by atoms with Gasteiger partial charge in [-0.25, -0.2) is 0 Å². The van der Waals surface area contributed by atoms with Crippen LogP contribution in [0.1, 0.15) is 19.8 Å². The number of carbonyl (C=O) groups excluding carboxylic acids is 1. The second kappa shape index (κ2) is 8.35. The Labute approximate surface area is 131 Å². The number of halogens is 3. The Kier molecular flexibility index (Phi) is 6.80. The van der Waals surface area contributed by atoms with Crippen LogP contribution in [0.15, 0.2) is 24.3 Å². The van der Waals surface area contributed by atoms with Crippen molar-refractivity contribution in [1.29, 1.82) is 0 Å². The highest BCUT2D eigenvalue weighted by Gasteiger charge is 2.32. The first-order valence-corrected chi connectivity index (χ1v) is 6.94. The first-order chi connectivity index (χ1) is 10.7. The third-order valence-corrected chi connectivity index (χ3v) is 2.91. The zero-order chi connectivity index (χ0) is 17.5. The number of nitro benzene ring substituents is 1. The van der Waals surface area contributed by atoms with Gasteiger partial charge in [-0.1, -0.05) is 13.3 Å². The van der Waals surface area contributed by atoms with E-state index in [0.29, 0.717) is 17.7 Å². The normalized spacial score (nSPS) is 11.1. The number of non-ortho nitro benzene ring substituents is 1. The molecule has 0 atom stereocenters. The molecule has 0 radical (unpaired) electrons. The fourth-order valence-corrected chi connectivity index (χ4v) is 1.76. The van der Waals surface area contributed by atoms with Crippen molar-refractivity contribution in [2.45, 2.75) is 25.9 Å². The van der Waals surface area contributed by atoms with Gasteiger partial charge >= 0.3 is 6.18 Å². The highest BCUT2D eigenvalue weighted by atomic mass is 19.4. The van der Waals surface area contributed by atoms with Crippen LogP contribution >= 0.6 is 0 Å². The molecule has 1 amide bonds. The van der Waals surface area contributed by atoms with Crippen LogP contribution in [0.5, 0.6) is 5.75 Å². The molecule has 6 nitrogen and oxygen atoms in total. The number of hydrogen-bond donors (Lipinski definition) is 0. The van der Waals surface area contributed by atoms with Gasteiger partial charge in [-0.05, 0) is 18.6 Å². The van der Waals surface area contributed by atoms with Gasteiger partial charge in [-0.15, -0.1) is 0 Å². The average molecular weight is 334 g/mol. The molecule has 1 aromatic carbocycles. The van der Waals surface area contributed by atoms with Crippen LogP contribution in [0.2, 0.25) is 0 Å². The van der Waals surface area contributed by atoms with Gasteiger partial charge in [0.2, 0.25) is 0 Å². The molecule has 0 aliphatic heterocycles. The molecule has 0 heterocycles. The summed E-state index contributed by atoms with van der Waals surface area (Å²) in [6, 6.07) is 4.94. The molecule has 0 spiro atoms. The summed E-state index contributed by atoms with van der Waals surface area (Å²) in [5, 5.41) is 10.5. The molecule has 9 heteroatoms. The average Bonchev–Trinajstić information content (AvgIpc) is 2.48. The van der Waals surface area contributed by atoms with E-state index in [1.165, 1.54) is 24.3 Å². The van der Waals surface area contributed by atoms with Gasteiger partial charge < -0.3 is 9.64 Å². The van der Waals surface area contributed by atoms with Crippen LogP contribution in [-0.4, -0.2) is 41.6 Å². The number of nitrogens with zero attached hydrogens (tertiary/aromatic N) is 2. The van der Waals surface area contributed by atoms with Crippen molar-refractivity contribution < 1.29 is 27.6 Å². The van der Waals surface area contributed by atoms with Crippen LogP contribution in [0, 0.1) is 10.1 Å². The predicted molar refractivity (Wildman–Crippen MR) is 76.1 cm³/mol. The van der Waals surface area contributed by atoms with Crippen molar-refractivity contribution in [2.75, 3.05) is 19.7 Å². The molecule has 0 aliphatic carbocycles. The molecule has 128 valence electrons. The van der Waals surface area contributed by atoms with E-state index in [1.54, 1.807) is 0 Å². The lowest BCUT2D eigenvalue weighted by Gasteiger charge is -2.23. The summed E-state index contributed by atoms with van der Waals surface area (Å²) < 4.78 is 42.5. The largest absolute Gasteiger partial charge is 0.484 e. The third kappa shape index (κ3) is 6.98. The molecule has 1 aromatic rings. The number of unbranched alkanes of at least 4 members (excludes halogenated alkanes) is 1. The zero-order valence-corrected chi connectivity index (χ0v) is 12.5. The Morgan fingerprint density at radius 3 is 2.39 bits per heavy atom. The number of benzene rings is 1. The van der Waals surface area contributed by atoms with Gasteiger partial charge in [-0.2, -0.15) is 13.2 Å². The summed E-state index contributed by atoms with van der Waals surface area (Å²) in [7, 11) is 0. The zero-order valence-electron chi connectivity index (χ0n) is 12.5. The summed E-state index contributed by atoms with van der Waals surface area (Å²) in [6.07, 6.45) is -3.36. The Balaban J connectivity index is 2.61. The van der Waals surface area contributed by atoms with Crippen molar-refractivity contribution >= 4 is 11.6 Å². The fraction of sp³-hybridized carbons (Fsp3) is 0.500. The highest BCUT2D eigenvalue weighted by Crippen LogP contribution is 2.19. The van der Waals surface area contributed by atoms with Crippen LogP contribution in [-0.2, 0) is 4.79 Å².